The van der Waals surface area contributed by atoms with Crippen LogP contribution in [0.1, 0.15) is 57.1 Å². The fourth-order valence-corrected chi connectivity index (χ4v) is 6.75. The number of fused-ring (bicyclic) bond motifs is 3. The number of allylic oxidation sites excluding steroid dienone is 3. The Bertz CT molecular complexity index is 1070. The van der Waals surface area contributed by atoms with E-state index < -0.39 is 0 Å². The first kappa shape index (κ1) is 25.4. The quantitative estimate of drug-likeness (QED) is 0.445. The molecule has 8 heteroatoms. The van der Waals surface area contributed by atoms with Crippen molar-refractivity contribution in [3.05, 3.63) is 54.1 Å². The van der Waals surface area contributed by atoms with Crippen LogP contribution < -0.4 is 21.3 Å². The Balaban J connectivity index is 1.31. The van der Waals surface area contributed by atoms with Crippen LogP contribution in [-0.2, 0) is 9.59 Å². The third kappa shape index (κ3) is 5.53. The molecule has 4 aliphatic rings. The Morgan fingerprint density at radius 1 is 1.03 bits per heavy atom. The van der Waals surface area contributed by atoms with Gasteiger partial charge in [-0.05, 0) is 37.3 Å². The number of hydrogen-bond donors (Lipinski definition) is 4. The van der Waals surface area contributed by atoms with Crippen LogP contribution in [0.5, 0.6) is 0 Å². The van der Waals surface area contributed by atoms with Gasteiger partial charge >= 0.3 is 6.03 Å². The first-order valence-electron chi connectivity index (χ1n) is 13.8. The number of nitrogens with one attached hydrogen (secondary N) is 4. The molecule has 4 N–H and O–H groups in total. The summed E-state index contributed by atoms with van der Waals surface area (Å²) >= 11 is 0. The average molecular weight is 506 g/mol. The van der Waals surface area contributed by atoms with Crippen molar-refractivity contribution < 1.29 is 14.4 Å². The maximum absolute atomic E-state index is 14.1. The molecular weight excluding hydrogens is 466 g/mol. The van der Waals surface area contributed by atoms with Crippen molar-refractivity contribution >= 4 is 23.5 Å². The monoisotopic (exact) mass is 505 g/mol. The molecule has 1 aromatic carbocycles. The zero-order chi connectivity index (χ0) is 25.8. The summed E-state index contributed by atoms with van der Waals surface area (Å²) < 4.78 is 0. The highest BCUT2D eigenvalue weighted by molar-refractivity contribution is 5.83. The van der Waals surface area contributed by atoms with E-state index in [4.69, 9.17) is 0 Å². The molecule has 6 atom stereocenters. The van der Waals surface area contributed by atoms with Gasteiger partial charge in [-0.3, -0.25) is 9.59 Å². The summed E-state index contributed by atoms with van der Waals surface area (Å²) in [4.78, 5) is 39.9. The average Bonchev–Trinajstić information content (AvgIpc) is 3.37. The second-order valence-corrected chi connectivity index (χ2v) is 10.8. The number of carbonyl (C=O) groups excluding carboxylic acids is 3. The number of amides is 4. The van der Waals surface area contributed by atoms with Gasteiger partial charge in [-0.2, -0.15) is 0 Å². The van der Waals surface area contributed by atoms with Gasteiger partial charge < -0.3 is 26.2 Å². The van der Waals surface area contributed by atoms with E-state index in [2.05, 4.69) is 74.7 Å². The van der Waals surface area contributed by atoms with E-state index in [1.807, 2.05) is 0 Å². The van der Waals surface area contributed by atoms with Crippen LogP contribution >= 0.6 is 0 Å². The lowest BCUT2D eigenvalue weighted by atomic mass is 9.75. The molecule has 2 fully saturated rings. The normalized spacial score (nSPS) is 30.0. The Morgan fingerprint density at radius 2 is 1.84 bits per heavy atom. The molecule has 0 radical (unpaired) electrons. The highest BCUT2D eigenvalue weighted by Gasteiger charge is 2.49. The molecule has 37 heavy (non-hydrogen) atoms. The van der Waals surface area contributed by atoms with Crippen LogP contribution in [0.4, 0.5) is 10.5 Å². The lowest BCUT2D eigenvalue weighted by Gasteiger charge is -2.44. The Kier molecular flexibility index (Phi) is 7.82. The number of anilines is 1. The molecule has 0 aromatic heterocycles. The number of rotatable bonds is 6. The first-order chi connectivity index (χ1) is 18.0. The Labute approximate surface area is 219 Å². The first-order valence-corrected chi connectivity index (χ1v) is 13.8. The predicted octanol–water partition coefficient (Wildman–Crippen LogP) is 3.50. The second-order valence-electron chi connectivity index (χ2n) is 10.8. The minimum atomic E-state index is -0.279. The number of carbonyl (C=O) groups is 3. The maximum atomic E-state index is 14.1. The topological polar surface area (TPSA) is 103 Å². The Morgan fingerprint density at radius 3 is 2.65 bits per heavy atom. The van der Waals surface area contributed by atoms with Crippen molar-refractivity contribution in [2.45, 2.75) is 63.6 Å². The molecule has 8 nitrogen and oxygen atoms in total. The predicted molar refractivity (Wildman–Crippen MR) is 144 cm³/mol. The molecule has 4 amide bonds. The van der Waals surface area contributed by atoms with Gasteiger partial charge in [0, 0.05) is 56.2 Å². The number of hydrogen-bond acceptors (Lipinski definition) is 4. The molecule has 0 bridgehead atoms. The van der Waals surface area contributed by atoms with Gasteiger partial charge in [-0.25, -0.2) is 4.79 Å². The number of likely N-dealkylation sites (tertiary alicyclic amines) is 1. The van der Waals surface area contributed by atoms with Crippen molar-refractivity contribution in [2.24, 2.45) is 17.8 Å². The molecule has 1 unspecified atom stereocenters. The van der Waals surface area contributed by atoms with Gasteiger partial charge in [0.15, 0.2) is 0 Å². The molecule has 2 aliphatic heterocycles. The summed E-state index contributed by atoms with van der Waals surface area (Å²) in [5, 5.41) is 12.4. The van der Waals surface area contributed by atoms with Crippen molar-refractivity contribution in [1.82, 2.24) is 20.9 Å². The molecule has 5 rings (SSSR count). The van der Waals surface area contributed by atoms with Crippen LogP contribution in [0, 0.1) is 17.8 Å². The van der Waals surface area contributed by atoms with Crippen LogP contribution in [0.3, 0.4) is 0 Å². The molecule has 0 spiro atoms. The third-order valence-electron chi connectivity index (χ3n) is 8.45. The summed E-state index contributed by atoms with van der Waals surface area (Å²) in [6, 6.07) is 8.32. The number of urea groups is 1. The molecule has 1 saturated carbocycles. The highest BCUT2D eigenvalue weighted by Crippen LogP contribution is 2.49. The summed E-state index contributed by atoms with van der Waals surface area (Å²) in [5.74, 6) is 0.594. The molecule has 198 valence electrons. The van der Waals surface area contributed by atoms with Crippen LogP contribution in [0.25, 0.3) is 0 Å². The minimum absolute atomic E-state index is 0.0586. The van der Waals surface area contributed by atoms with Crippen molar-refractivity contribution in [1.29, 1.82) is 0 Å². The van der Waals surface area contributed by atoms with E-state index in [0.29, 0.717) is 24.9 Å². The zero-order valence-electron chi connectivity index (χ0n) is 21.6. The van der Waals surface area contributed by atoms with Crippen molar-refractivity contribution in [2.75, 3.05) is 25.0 Å². The smallest absolute Gasteiger partial charge is 0.315 e. The molecule has 2 heterocycles. The highest BCUT2D eigenvalue weighted by atomic mass is 16.2. The molecule has 2 aliphatic carbocycles. The van der Waals surface area contributed by atoms with Gasteiger partial charge in [-0.15, -0.1) is 0 Å². The minimum Gasteiger partial charge on any atom is -0.381 e. The van der Waals surface area contributed by atoms with Gasteiger partial charge in [0.25, 0.3) is 0 Å². The molecule has 1 aromatic rings. The van der Waals surface area contributed by atoms with E-state index >= 15 is 0 Å². The summed E-state index contributed by atoms with van der Waals surface area (Å²) in [7, 11) is 0. The summed E-state index contributed by atoms with van der Waals surface area (Å²) in [5.41, 5.74) is 2.34. The zero-order valence-corrected chi connectivity index (χ0v) is 21.6. The largest absolute Gasteiger partial charge is 0.381 e. The SMILES string of the molecule is CC(=O)NCCNC(=O)N[C@@H]1CCCC[C@@H]1C(=O)N1CC[C@@H]2[C@H](C3C=CC=CC3)Nc3ccccc3[C@@H]21. The lowest BCUT2D eigenvalue weighted by molar-refractivity contribution is -0.139. The number of nitrogens with zero attached hydrogens (tertiary/aromatic N) is 1. The van der Waals surface area contributed by atoms with E-state index in [-0.39, 0.29) is 41.9 Å². The third-order valence-corrected chi connectivity index (χ3v) is 8.45. The van der Waals surface area contributed by atoms with E-state index in [0.717, 1.165) is 50.8 Å². The van der Waals surface area contributed by atoms with Gasteiger partial charge in [0.1, 0.15) is 0 Å². The van der Waals surface area contributed by atoms with Crippen LogP contribution in [0.2, 0.25) is 0 Å². The number of para-hydroxylation sites is 1. The van der Waals surface area contributed by atoms with Crippen molar-refractivity contribution in [3.63, 3.8) is 0 Å². The van der Waals surface area contributed by atoms with Gasteiger partial charge in [0.2, 0.25) is 11.8 Å². The van der Waals surface area contributed by atoms with Crippen LogP contribution in [-0.4, -0.2) is 54.5 Å². The number of benzene rings is 1. The van der Waals surface area contributed by atoms with E-state index in [1.165, 1.54) is 12.5 Å². The van der Waals surface area contributed by atoms with E-state index in [1.54, 1.807) is 0 Å². The van der Waals surface area contributed by atoms with Gasteiger partial charge in [0.05, 0.1) is 12.0 Å². The lowest BCUT2D eigenvalue weighted by Crippen LogP contribution is -2.53. The molecule has 1 saturated heterocycles. The standard InChI is InChI=1S/C29H39N5O3/c1-19(35)30-16-17-31-29(37)33-25-14-8-6-12-22(25)28(36)34-18-15-23-26(20-9-3-2-4-10-20)32-24-13-7-5-11-21(24)27(23)34/h2-5,7,9,11,13,20,22-23,25-27,32H,6,8,10,12,14-18H2,1H3,(H,30,35)(H2,31,33,37)/t20?,22-,23+,25+,26-,27-/m0/s1. The summed E-state index contributed by atoms with van der Waals surface area (Å²) in [6.07, 6.45) is 14.4. The second kappa shape index (κ2) is 11.4. The van der Waals surface area contributed by atoms with Gasteiger partial charge in [-0.1, -0.05) is 55.3 Å². The van der Waals surface area contributed by atoms with Crippen molar-refractivity contribution in [3.8, 4) is 0 Å². The Hall–Kier alpha value is -3.29. The summed E-state index contributed by atoms with van der Waals surface area (Å²) in [6.45, 7) is 2.93. The van der Waals surface area contributed by atoms with E-state index in [9.17, 15) is 14.4 Å². The molecular formula is C29H39N5O3. The maximum Gasteiger partial charge on any atom is 0.315 e. The van der Waals surface area contributed by atoms with Crippen LogP contribution in [0.15, 0.2) is 48.6 Å². The fraction of sp³-hybridized carbons (Fsp3) is 0.552. The fourth-order valence-electron chi connectivity index (χ4n) is 6.75.